The van der Waals surface area contributed by atoms with E-state index in [0.29, 0.717) is 9.90 Å². The van der Waals surface area contributed by atoms with E-state index in [2.05, 4.69) is 5.32 Å². The number of anilines is 1. The van der Waals surface area contributed by atoms with E-state index in [-0.39, 0.29) is 6.54 Å². The van der Waals surface area contributed by atoms with Gasteiger partial charge in [-0.3, -0.25) is 0 Å². The summed E-state index contributed by atoms with van der Waals surface area (Å²) in [6.07, 6.45) is 0. The van der Waals surface area contributed by atoms with Crippen molar-refractivity contribution in [3.05, 3.63) is 50.4 Å². The monoisotopic (exact) mass is 313 g/mol. The van der Waals surface area contributed by atoms with Crippen LogP contribution >= 0.6 is 22.9 Å². The molecule has 1 aromatic carbocycles. The second-order valence-electron chi connectivity index (χ2n) is 3.53. The molecule has 8 heteroatoms. The lowest BCUT2D eigenvalue weighted by molar-refractivity contribution is 0.381. The topological polar surface area (TPSA) is 12.0 Å². The zero-order valence-electron chi connectivity index (χ0n) is 9.04. The van der Waals surface area contributed by atoms with Crippen LogP contribution in [0.3, 0.4) is 0 Å². The molecular weight excluding hydrogens is 309 g/mol. The Labute approximate surface area is 113 Å². The maximum absolute atomic E-state index is 13.3. The van der Waals surface area contributed by atoms with Gasteiger partial charge in [-0.05, 0) is 6.07 Å². The molecule has 0 fully saturated rings. The molecule has 0 aliphatic carbocycles. The summed E-state index contributed by atoms with van der Waals surface area (Å²) in [4.78, 5) is 0.592. The smallest absolute Gasteiger partial charge is 0.200 e. The lowest BCUT2D eigenvalue weighted by Crippen LogP contribution is -2.09. The predicted octanol–water partition coefficient (Wildman–Crippen LogP) is 4.71. The van der Waals surface area contributed by atoms with Crippen molar-refractivity contribution in [1.29, 1.82) is 0 Å². The lowest BCUT2D eigenvalue weighted by Gasteiger charge is -2.09. The largest absolute Gasteiger partial charge is 0.375 e. The molecule has 19 heavy (non-hydrogen) atoms. The maximum Gasteiger partial charge on any atom is 0.200 e. The highest BCUT2D eigenvalue weighted by molar-refractivity contribution is 7.10. The van der Waals surface area contributed by atoms with Crippen LogP contribution in [0.5, 0.6) is 0 Å². The van der Waals surface area contributed by atoms with Crippen LogP contribution in [-0.2, 0) is 6.54 Å². The molecule has 1 N–H and O–H groups in total. The fourth-order valence-corrected chi connectivity index (χ4v) is 2.39. The van der Waals surface area contributed by atoms with Gasteiger partial charge in [-0.25, -0.2) is 22.0 Å². The summed E-state index contributed by atoms with van der Waals surface area (Å²) in [6.45, 7) is -0.101. The zero-order chi connectivity index (χ0) is 14.2. The molecule has 0 spiro atoms. The summed E-state index contributed by atoms with van der Waals surface area (Å²) in [5.74, 6) is -9.92. The van der Waals surface area contributed by atoms with Crippen molar-refractivity contribution < 1.29 is 22.0 Å². The van der Waals surface area contributed by atoms with Crippen LogP contribution in [-0.4, -0.2) is 0 Å². The highest BCUT2D eigenvalue weighted by Crippen LogP contribution is 2.28. The lowest BCUT2D eigenvalue weighted by atomic mass is 10.2. The van der Waals surface area contributed by atoms with Crippen LogP contribution in [0.15, 0.2) is 11.4 Å². The van der Waals surface area contributed by atoms with Crippen molar-refractivity contribution in [3.8, 4) is 0 Å². The quantitative estimate of drug-likeness (QED) is 0.491. The van der Waals surface area contributed by atoms with Crippen LogP contribution in [0.25, 0.3) is 0 Å². The van der Waals surface area contributed by atoms with E-state index in [1.165, 1.54) is 17.4 Å². The first-order chi connectivity index (χ1) is 8.91. The molecular formula is C11H5ClF5NS. The number of hydrogen-bond donors (Lipinski definition) is 1. The molecule has 1 nitrogen and oxygen atoms in total. The summed E-state index contributed by atoms with van der Waals surface area (Å²) in [5.41, 5.74) is -1.05. The number of thiophene rings is 1. The van der Waals surface area contributed by atoms with Crippen molar-refractivity contribution in [3.63, 3.8) is 0 Å². The molecule has 0 bridgehead atoms. The Morgan fingerprint density at radius 1 is 0.947 bits per heavy atom. The first-order valence-electron chi connectivity index (χ1n) is 4.90. The van der Waals surface area contributed by atoms with Gasteiger partial charge in [0, 0.05) is 16.8 Å². The van der Waals surface area contributed by atoms with Crippen molar-refractivity contribution in [2.24, 2.45) is 0 Å². The van der Waals surface area contributed by atoms with Crippen LogP contribution in [0.4, 0.5) is 27.6 Å². The molecule has 1 aromatic heterocycles. The minimum Gasteiger partial charge on any atom is -0.375 e. The molecule has 0 saturated heterocycles. The molecule has 1 heterocycles. The molecule has 0 unspecified atom stereocenters. The fourth-order valence-electron chi connectivity index (χ4n) is 1.38. The average Bonchev–Trinajstić information content (AvgIpc) is 2.80. The standard InChI is InChI=1S/C11H5ClF5NS/c12-4-1-5(19-3-4)2-18-11-9(16)7(14)6(13)8(15)10(11)17/h1,3,18H,2H2. The predicted molar refractivity (Wildman–Crippen MR) is 62.9 cm³/mol. The molecule has 2 rings (SSSR count). The van der Waals surface area contributed by atoms with Crippen LogP contribution in [0.2, 0.25) is 5.02 Å². The minimum absolute atomic E-state index is 0.101. The van der Waals surface area contributed by atoms with Gasteiger partial charge < -0.3 is 5.32 Å². The van der Waals surface area contributed by atoms with Crippen molar-refractivity contribution in [1.82, 2.24) is 0 Å². The number of benzene rings is 1. The van der Waals surface area contributed by atoms with E-state index in [4.69, 9.17) is 11.6 Å². The molecule has 0 atom stereocenters. The Kier molecular flexibility index (Phi) is 3.96. The van der Waals surface area contributed by atoms with Crippen LogP contribution in [0, 0.1) is 29.1 Å². The van der Waals surface area contributed by atoms with Crippen molar-refractivity contribution in [2.45, 2.75) is 6.54 Å². The molecule has 0 aliphatic heterocycles. The van der Waals surface area contributed by atoms with Crippen LogP contribution in [0.1, 0.15) is 4.88 Å². The van der Waals surface area contributed by atoms with E-state index in [1.807, 2.05) is 0 Å². The third-order valence-electron chi connectivity index (χ3n) is 2.27. The summed E-state index contributed by atoms with van der Waals surface area (Å²) >= 11 is 6.83. The van der Waals surface area contributed by atoms with Gasteiger partial charge in [0.25, 0.3) is 0 Å². The first-order valence-corrected chi connectivity index (χ1v) is 6.15. The number of halogens is 6. The fraction of sp³-hybridized carbons (Fsp3) is 0.0909. The van der Waals surface area contributed by atoms with Gasteiger partial charge in [-0.1, -0.05) is 11.6 Å². The Morgan fingerprint density at radius 2 is 1.47 bits per heavy atom. The van der Waals surface area contributed by atoms with Crippen LogP contribution < -0.4 is 5.32 Å². The Bertz CT molecular complexity index is 599. The molecule has 102 valence electrons. The third-order valence-corrected chi connectivity index (χ3v) is 3.56. The van der Waals surface area contributed by atoms with Gasteiger partial charge in [0.05, 0.1) is 5.02 Å². The number of hydrogen-bond acceptors (Lipinski definition) is 2. The van der Waals surface area contributed by atoms with E-state index in [9.17, 15) is 22.0 Å². The Balaban J connectivity index is 2.30. The highest BCUT2D eigenvalue weighted by Gasteiger charge is 2.25. The molecule has 0 aliphatic rings. The summed E-state index contributed by atoms with van der Waals surface area (Å²) in [6, 6.07) is 1.52. The minimum atomic E-state index is -2.18. The first kappa shape index (κ1) is 14.1. The number of nitrogens with one attached hydrogen (secondary N) is 1. The van der Waals surface area contributed by atoms with Crippen molar-refractivity contribution in [2.75, 3.05) is 5.32 Å². The molecule has 0 radical (unpaired) electrons. The normalized spacial score (nSPS) is 10.8. The Hall–Kier alpha value is -1.34. The molecule has 0 amide bonds. The van der Waals surface area contributed by atoms with Gasteiger partial charge in [0.15, 0.2) is 23.3 Å². The molecule has 2 aromatic rings. The van der Waals surface area contributed by atoms with E-state index >= 15 is 0 Å². The van der Waals surface area contributed by atoms with Crippen molar-refractivity contribution >= 4 is 28.6 Å². The third kappa shape index (κ3) is 2.66. The summed E-state index contributed by atoms with van der Waals surface area (Å²) in [7, 11) is 0. The van der Waals surface area contributed by atoms with Gasteiger partial charge >= 0.3 is 0 Å². The SMILES string of the molecule is Fc1c(F)c(F)c(NCc2cc(Cl)cs2)c(F)c1F. The zero-order valence-corrected chi connectivity index (χ0v) is 10.6. The van der Waals surface area contributed by atoms with E-state index in [1.54, 1.807) is 5.38 Å². The van der Waals surface area contributed by atoms with Gasteiger partial charge in [0.1, 0.15) is 5.69 Å². The van der Waals surface area contributed by atoms with E-state index in [0.717, 1.165) is 0 Å². The maximum atomic E-state index is 13.3. The summed E-state index contributed by atoms with van der Waals surface area (Å²) in [5, 5.41) is 4.19. The average molecular weight is 314 g/mol. The highest BCUT2D eigenvalue weighted by atomic mass is 35.5. The van der Waals surface area contributed by atoms with E-state index < -0.39 is 34.8 Å². The molecule has 0 saturated carbocycles. The Morgan fingerprint density at radius 3 is 1.95 bits per heavy atom. The second kappa shape index (κ2) is 5.34. The number of rotatable bonds is 3. The van der Waals surface area contributed by atoms with Gasteiger partial charge in [-0.2, -0.15) is 0 Å². The van der Waals surface area contributed by atoms with Gasteiger partial charge in [0.2, 0.25) is 5.82 Å². The van der Waals surface area contributed by atoms with Gasteiger partial charge in [-0.15, -0.1) is 11.3 Å². The second-order valence-corrected chi connectivity index (χ2v) is 4.96. The summed E-state index contributed by atoms with van der Waals surface area (Å²) < 4.78 is 65.2.